The van der Waals surface area contributed by atoms with Crippen LogP contribution in [0, 0.1) is 6.92 Å². The van der Waals surface area contributed by atoms with Gasteiger partial charge in [0.2, 0.25) is 0 Å². The van der Waals surface area contributed by atoms with E-state index in [1.165, 1.54) is 0 Å². The molecule has 0 spiro atoms. The van der Waals surface area contributed by atoms with Gasteiger partial charge >= 0.3 is 5.97 Å². The second-order valence-corrected chi connectivity index (χ2v) is 3.91. The Hall–Kier alpha value is -2.30. The standard InChI is InChI=1S/C13H14N2O3/c1-10-8-15(9-14-10)11-2-4-12(5-3-11)18-7-6-13(16)17/h2-5,8-9H,6-7H2,1H3,(H,16,17). The molecule has 5 nitrogen and oxygen atoms in total. The Morgan fingerprint density at radius 3 is 2.67 bits per heavy atom. The van der Waals surface area contributed by atoms with Crippen LogP contribution in [0.15, 0.2) is 36.8 Å². The summed E-state index contributed by atoms with van der Waals surface area (Å²) < 4.78 is 7.22. The predicted molar refractivity (Wildman–Crippen MR) is 66.0 cm³/mol. The van der Waals surface area contributed by atoms with Crippen molar-refractivity contribution in [2.24, 2.45) is 0 Å². The Morgan fingerprint density at radius 2 is 2.11 bits per heavy atom. The fourth-order valence-electron chi connectivity index (χ4n) is 1.53. The van der Waals surface area contributed by atoms with Gasteiger partial charge in [-0.2, -0.15) is 0 Å². The minimum atomic E-state index is -0.861. The lowest BCUT2D eigenvalue weighted by Gasteiger charge is -2.06. The predicted octanol–water partition coefficient (Wildman–Crippen LogP) is 2.03. The van der Waals surface area contributed by atoms with Gasteiger partial charge in [-0.15, -0.1) is 0 Å². The molecule has 94 valence electrons. The fourth-order valence-corrected chi connectivity index (χ4v) is 1.53. The van der Waals surface area contributed by atoms with E-state index in [4.69, 9.17) is 9.84 Å². The molecule has 1 N–H and O–H groups in total. The highest BCUT2D eigenvalue weighted by molar-refractivity contribution is 5.66. The number of aromatic nitrogens is 2. The Balaban J connectivity index is 1.99. The highest BCUT2D eigenvalue weighted by Gasteiger charge is 2.00. The minimum absolute atomic E-state index is 0.00245. The summed E-state index contributed by atoms with van der Waals surface area (Å²) in [7, 11) is 0. The summed E-state index contributed by atoms with van der Waals surface area (Å²) in [4.78, 5) is 14.5. The molecule has 0 amide bonds. The zero-order chi connectivity index (χ0) is 13.0. The van der Waals surface area contributed by atoms with Crippen molar-refractivity contribution in [2.75, 3.05) is 6.61 Å². The summed E-state index contributed by atoms with van der Waals surface area (Å²) in [6, 6.07) is 7.42. The first-order chi connectivity index (χ1) is 8.65. The molecule has 0 fully saturated rings. The maximum Gasteiger partial charge on any atom is 0.306 e. The number of ether oxygens (including phenoxy) is 1. The number of rotatable bonds is 5. The maximum absolute atomic E-state index is 10.3. The van der Waals surface area contributed by atoms with E-state index in [1.807, 2.05) is 42.0 Å². The van der Waals surface area contributed by atoms with Gasteiger partial charge in [-0.25, -0.2) is 4.98 Å². The number of carbonyl (C=O) groups is 1. The second-order valence-electron chi connectivity index (χ2n) is 3.91. The van der Waals surface area contributed by atoms with Crippen molar-refractivity contribution in [2.45, 2.75) is 13.3 Å². The van der Waals surface area contributed by atoms with Gasteiger partial charge in [0.1, 0.15) is 5.75 Å². The van der Waals surface area contributed by atoms with Crippen molar-refractivity contribution < 1.29 is 14.6 Å². The number of hydrogen-bond donors (Lipinski definition) is 1. The molecule has 0 aliphatic rings. The van der Waals surface area contributed by atoms with Crippen LogP contribution in [0.4, 0.5) is 0 Å². The molecule has 0 saturated heterocycles. The molecule has 18 heavy (non-hydrogen) atoms. The van der Waals surface area contributed by atoms with Crippen molar-refractivity contribution >= 4 is 5.97 Å². The second kappa shape index (κ2) is 5.35. The van der Waals surface area contributed by atoms with Gasteiger partial charge in [0, 0.05) is 11.9 Å². The molecule has 5 heteroatoms. The van der Waals surface area contributed by atoms with Gasteiger partial charge in [-0.3, -0.25) is 4.79 Å². The number of benzene rings is 1. The third-order valence-corrected chi connectivity index (χ3v) is 2.43. The van der Waals surface area contributed by atoms with Gasteiger partial charge in [0.25, 0.3) is 0 Å². The molecule has 1 heterocycles. The Bertz CT molecular complexity index is 531. The average molecular weight is 246 g/mol. The molecule has 0 saturated carbocycles. The molecule has 0 unspecified atom stereocenters. The Labute approximate surface area is 105 Å². The normalized spacial score (nSPS) is 10.3. The fraction of sp³-hybridized carbons (Fsp3) is 0.231. The number of aliphatic carboxylic acids is 1. The quantitative estimate of drug-likeness (QED) is 0.876. The highest BCUT2D eigenvalue weighted by atomic mass is 16.5. The van der Waals surface area contributed by atoms with E-state index in [9.17, 15) is 4.79 Å². The van der Waals surface area contributed by atoms with Gasteiger partial charge in [-0.1, -0.05) is 0 Å². The number of imidazole rings is 1. The maximum atomic E-state index is 10.3. The summed E-state index contributed by atoms with van der Waals surface area (Å²) in [5.41, 5.74) is 1.94. The number of hydrogen-bond acceptors (Lipinski definition) is 3. The topological polar surface area (TPSA) is 64.3 Å². The number of carboxylic acid groups (broad SMARTS) is 1. The molecule has 1 aromatic heterocycles. The number of nitrogens with zero attached hydrogens (tertiary/aromatic N) is 2. The molecule has 0 aliphatic carbocycles. The van der Waals surface area contributed by atoms with E-state index in [2.05, 4.69) is 4.98 Å². The molecule has 0 bridgehead atoms. The van der Waals surface area contributed by atoms with E-state index in [0.29, 0.717) is 5.75 Å². The smallest absolute Gasteiger partial charge is 0.306 e. The summed E-state index contributed by atoms with van der Waals surface area (Å²) in [5.74, 6) is -0.197. The van der Waals surface area contributed by atoms with E-state index in [1.54, 1.807) is 6.33 Å². The lowest BCUT2D eigenvalue weighted by Crippen LogP contribution is -2.04. The summed E-state index contributed by atoms with van der Waals surface area (Å²) in [6.45, 7) is 2.11. The molecule has 0 radical (unpaired) electrons. The van der Waals surface area contributed by atoms with Crippen molar-refractivity contribution in [3.63, 3.8) is 0 Å². The first-order valence-electron chi connectivity index (χ1n) is 5.61. The summed E-state index contributed by atoms with van der Waals surface area (Å²) >= 11 is 0. The monoisotopic (exact) mass is 246 g/mol. The molecule has 0 aliphatic heterocycles. The first-order valence-corrected chi connectivity index (χ1v) is 5.61. The largest absolute Gasteiger partial charge is 0.493 e. The van der Waals surface area contributed by atoms with Gasteiger partial charge in [0.05, 0.1) is 25.0 Å². The third kappa shape index (κ3) is 3.10. The van der Waals surface area contributed by atoms with Crippen LogP contribution in [0.3, 0.4) is 0 Å². The van der Waals surface area contributed by atoms with E-state index < -0.39 is 5.97 Å². The Morgan fingerprint density at radius 1 is 1.39 bits per heavy atom. The Kier molecular flexibility index (Phi) is 3.62. The molecule has 1 aromatic carbocycles. The molecule has 2 rings (SSSR count). The van der Waals surface area contributed by atoms with Crippen LogP contribution >= 0.6 is 0 Å². The van der Waals surface area contributed by atoms with Crippen LogP contribution < -0.4 is 4.74 Å². The van der Waals surface area contributed by atoms with Gasteiger partial charge in [-0.05, 0) is 31.2 Å². The van der Waals surface area contributed by atoms with Crippen molar-refractivity contribution in [1.29, 1.82) is 0 Å². The molecular formula is C13H14N2O3. The molecule has 2 aromatic rings. The van der Waals surface area contributed by atoms with E-state index >= 15 is 0 Å². The van der Waals surface area contributed by atoms with Crippen molar-refractivity contribution in [3.8, 4) is 11.4 Å². The average Bonchev–Trinajstić information content (AvgIpc) is 2.76. The van der Waals surface area contributed by atoms with Crippen LogP contribution in [0.25, 0.3) is 5.69 Å². The lowest BCUT2D eigenvalue weighted by atomic mass is 10.3. The van der Waals surface area contributed by atoms with Crippen molar-refractivity contribution in [3.05, 3.63) is 42.5 Å². The van der Waals surface area contributed by atoms with Crippen LogP contribution in [-0.4, -0.2) is 27.2 Å². The summed E-state index contributed by atoms with van der Waals surface area (Å²) in [6.07, 6.45) is 3.68. The third-order valence-electron chi connectivity index (χ3n) is 2.43. The molecular weight excluding hydrogens is 232 g/mol. The number of carboxylic acids is 1. The highest BCUT2D eigenvalue weighted by Crippen LogP contribution is 2.15. The van der Waals surface area contributed by atoms with Crippen LogP contribution in [0.1, 0.15) is 12.1 Å². The van der Waals surface area contributed by atoms with Gasteiger partial charge in [0.15, 0.2) is 0 Å². The zero-order valence-electron chi connectivity index (χ0n) is 10.0. The van der Waals surface area contributed by atoms with E-state index in [-0.39, 0.29) is 13.0 Å². The zero-order valence-corrected chi connectivity index (χ0v) is 10.0. The number of aryl methyl sites for hydroxylation is 1. The van der Waals surface area contributed by atoms with Crippen LogP contribution in [0.5, 0.6) is 5.75 Å². The van der Waals surface area contributed by atoms with Gasteiger partial charge < -0.3 is 14.4 Å². The van der Waals surface area contributed by atoms with E-state index in [0.717, 1.165) is 11.4 Å². The minimum Gasteiger partial charge on any atom is -0.493 e. The molecule has 0 atom stereocenters. The first kappa shape index (κ1) is 12.2. The van der Waals surface area contributed by atoms with Crippen LogP contribution in [-0.2, 0) is 4.79 Å². The SMILES string of the molecule is Cc1cn(-c2ccc(OCCC(=O)O)cc2)cn1. The lowest BCUT2D eigenvalue weighted by molar-refractivity contribution is -0.137. The van der Waals surface area contributed by atoms with Crippen molar-refractivity contribution in [1.82, 2.24) is 9.55 Å². The van der Waals surface area contributed by atoms with Crippen LogP contribution in [0.2, 0.25) is 0 Å². The summed E-state index contributed by atoms with van der Waals surface area (Å²) in [5, 5.41) is 8.50.